The molecule has 0 unspecified atom stereocenters. The number of anilines is 1. The number of carbonyl (C=O) groups excluding carboxylic acids is 1. The van der Waals surface area contributed by atoms with Crippen LogP contribution in [-0.2, 0) is 0 Å². The van der Waals surface area contributed by atoms with Crippen LogP contribution in [-0.4, -0.2) is 10.9 Å². The highest BCUT2D eigenvalue weighted by Crippen LogP contribution is 2.39. The molecule has 6 aromatic rings. The summed E-state index contributed by atoms with van der Waals surface area (Å²) in [5.74, 6) is 0.860. The summed E-state index contributed by atoms with van der Waals surface area (Å²) in [5, 5.41) is 6.23. The van der Waals surface area contributed by atoms with Crippen LogP contribution in [0.4, 0.5) is 9.39 Å². The Bertz CT molecular complexity index is 1780. The molecular formula is C32H20BrFN2O2S. The molecule has 1 heterocycles. The molecule has 190 valence electrons. The lowest BCUT2D eigenvalue weighted by Gasteiger charge is -2.08. The lowest BCUT2D eigenvalue weighted by atomic mass is 10.0. The fourth-order valence-electron chi connectivity index (χ4n) is 4.23. The van der Waals surface area contributed by atoms with Crippen molar-refractivity contribution >= 4 is 48.9 Å². The van der Waals surface area contributed by atoms with Crippen LogP contribution in [0.5, 0.6) is 11.5 Å². The third-order valence-corrected chi connectivity index (χ3v) is 7.71. The van der Waals surface area contributed by atoms with Gasteiger partial charge in [-0.1, -0.05) is 63.7 Å². The zero-order chi connectivity index (χ0) is 26.8. The Balaban J connectivity index is 1.33. The van der Waals surface area contributed by atoms with Gasteiger partial charge in [0.05, 0.1) is 0 Å². The van der Waals surface area contributed by atoms with Crippen molar-refractivity contribution in [1.82, 2.24) is 4.98 Å². The van der Waals surface area contributed by atoms with Crippen LogP contribution in [0, 0.1) is 5.82 Å². The number of hydrogen-bond acceptors (Lipinski definition) is 4. The Morgan fingerprint density at radius 3 is 2.15 bits per heavy atom. The average Bonchev–Trinajstić information content (AvgIpc) is 3.38. The Morgan fingerprint density at radius 1 is 0.769 bits per heavy atom. The van der Waals surface area contributed by atoms with Gasteiger partial charge in [0, 0.05) is 21.2 Å². The van der Waals surface area contributed by atoms with Crippen molar-refractivity contribution < 1.29 is 13.9 Å². The lowest BCUT2D eigenvalue weighted by Crippen LogP contribution is -2.12. The summed E-state index contributed by atoms with van der Waals surface area (Å²) in [6.45, 7) is 0. The van der Waals surface area contributed by atoms with E-state index in [1.165, 1.54) is 23.5 Å². The molecule has 7 heteroatoms. The molecule has 0 atom stereocenters. The summed E-state index contributed by atoms with van der Waals surface area (Å²) in [7, 11) is 0. The second-order valence-electron chi connectivity index (χ2n) is 8.76. The van der Waals surface area contributed by atoms with Gasteiger partial charge in [0.1, 0.15) is 33.0 Å². The normalized spacial score (nSPS) is 10.9. The van der Waals surface area contributed by atoms with Crippen LogP contribution in [0.25, 0.3) is 32.6 Å². The molecule has 0 fully saturated rings. The molecule has 0 aliphatic carbocycles. The molecule has 6 rings (SSSR count). The molecule has 0 saturated carbocycles. The molecule has 5 aromatic carbocycles. The number of rotatable bonds is 6. The summed E-state index contributed by atoms with van der Waals surface area (Å²) >= 11 is 4.80. The molecule has 0 aliphatic heterocycles. The number of fused-ring (bicyclic) bond motifs is 1. The van der Waals surface area contributed by atoms with Crippen molar-refractivity contribution in [3.8, 4) is 33.3 Å². The molecule has 1 aromatic heterocycles. The highest BCUT2D eigenvalue weighted by atomic mass is 79.9. The third kappa shape index (κ3) is 5.46. The van der Waals surface area contributed by atoms with Crippen LogP contribution in [0.1, 0.15) is 10.4 Å². The highest BCUT2D eigenvalue weighted by Gasteiger charge is 2.19. The highest BCUT2D eigenvalue weighted by molar-refractivity contribution is 9.10. The topological polar surface area (TPSA) is 51.2 Å². The van der Waals surface area contributed by atoms with E-state index >= 15 is 0 Å². The monoisotopic (exact) mass is 594 g/mol. The van der Waals surface area contributed by atoms with Crippen molar-refractivity contribution in [2.45, 2.75) is 0 Å². The van der Waals surface area contributed by atoms with Gasteiger partial charge >= 0.3 is 0 Å². The van der Waals surface area contributed by atoms with E-state index in [9.17, 15) is 9.18 Å². The summed E-state index contributed by atoms with van der Waals surface area (Å²) in [5.41, 5.74) is 2.74. The summed E-state index contributed by atoms with van der Waals surface area (Å²) < 4.78 is 20.6. The molecule has 0 saturated heterocycles. The van der Waals surface area contributed by atoms with E-state index in [4.69, 9.17) is 9.72 Å². The maximum absolute atomic E-state index is 13.7. The minimum absolute atomic E-state index is 0.233. The number of nitrogens with one attached hydrogen (secondary N) is 1. The Morgan fingerprint density at radius 2 is 1.41 bits per heavy atom. The molecule has 1 amide bonds. The summed E-state index contributed by atoms with van der Waals surface area (Å²) in [6, 6.07) is 34.8. The van der Waals surface area contributed by atoms with E-state index in [-0.39, 0.29) is 11.7 Å². The molecule has 0 bridgehead atoms. The van der Waals surface area contributed by atoms with Gasteiger partial charge < -0.3 is 10.1 Å². The number of thiazole rings is 1. The van der Waals surface area contributed by atoms with Crippen LogP contribution < -0.4 is 10.1 Å². The molecule has 0 aliphatic rings. The van der Waals surface area contributed by atoms with Crippen molar-refractivity contribution in [2.24, 2.45) is 0 Å². The Labute approximate surface area is 236 Å². The van der Waals surface area contributed by atoms with E-state index in [2.05, 4.69) is 21.2 Å². The molecule has 39 heavy (non-hydrogen) atoms. The maximum atomic E-state index is 13.7. The van der Waals surface area contributed by atoms with Gasteiger partial charge in [0.15, 0.2) is 0 Å². The van der Waals surface area contributed by atoms with Crippen molar-refractivity contribution in [1.29, 1.82) is 0 Å². The minimum Gasteiger partial charge on any atom is -0.457 e. The van der Waals surface area contributed by atoms with Crippen LogP contribution in [0.15, 0.2) is 120 Å². The van der Waals surface area contributed by atoms with Crippen LogP contribution >= 0.6 is 27.3 Å². The number of nitrogens with zero attached hydrogens (tertiary/aromatic N) is 1. The predicted octanol–water partition coefficient (Wildman–Crippen LogP) is 9.58. The standard InChI is InChI=1S/C32H20BrFN2O2S/c33-23-12-18-26(19-13-23)38-25-16-10-22(11-17-25)31-35-29(21-8-14-24(34)15-9-21)32(39-31)36-30(37)28-7-3-5-20-4-1-2-6-27(20)28/h1-19H,(H,36,37). The first-order chi connectivity index (χ1) is 19.0. The first-order valence-corrected chi connectivity index (χ1v) is 13.7. The van der Waals surface area contributed by atoms with Crippen LogP contribution in [0.3, 0.4) is 0 Å². The Hall–Kier alpha value is -4.33. The number of amides is 1. The van der Waals surface area contributed by atoms with E-state index in [1.807, 2.05) is 84.9 Å². The van der Waals surface area contributed by atoms with Gasteiger partial charge in [0.25, 0.3) is 5.91 Å². The second-order valence-corrected chi connectivity index (χ2v) is 10.7. The van der Waals surface area contributed by atoms with E-state index in [0.29, 0.717) is 27.6 Å². The minimum atomic E-state index is -0.336. The van der Waals surface area contributed by atoms with Gasteiger partial charge in [-0.15, -0.1) is 0 Å². The molecule has 0 radical (unpaired) electrons. The van der Waals surface area contributed by atoms with Crippen molar-refractivity contribution in [3.63, 3.8) is 0 Å². The smallest absolute Gasteiger partial charge is 0.256 e. The SMILES string of the molecule is O=C(Nc1sc(-c2ccc(Oc3ccc(Br)cc3)cc2)nc1-c1ccc(F)cc1)c1cccc2ccccc12. The zero-order valence-corrected chi connectivity index (χ0v) is 22.8. The third-order valence-electron chi connectivity index (χ3n) is 6.16. The number of aromatic nitrogens is 1. The number of carbonyl (C=O) groups is 1. The molecular weight excluding hydrogens is 575 g/mol. The van der Waals surface area contributed by atoms with Crippen molar-refractivity contribution in [2.75, 3.05) is 5.32 Å². The number of ether oxygens (including phenoxy) is 1. The molecule has 0 spiro atoms. The van der Waals surface area contributed by atoms with Gasteiger partial charge in [-0.25, -0.2) is 9.37 Å². The fourth-order valence-corrected chi connectivity index (χ4v) is 5.48. The quantitative estimate of drug-likeness (QED) is 0.209. The largest absolute Gasteiger partial charge is 0.457 e. The zero-order valence-electron chi connectivity index (χ0n) is 20.4. The lowest BCUT2D eigenvalue weighted by molar-refractivity contribution is 0.102. The van der Waals surface area contributed by atoms with Gasteiger partial charge in [-0.2, -0.15) is 0 Å². The van der Waals surface area contributed by atoms with Gasteiger partial charge in [-0.3, -0.25) is 4.79 Å². The number of halogens is 2. The Kier molecular flexibility index (Phi) is 6.92. The van der Waals surface area contributed by atoms with Crippen LogP contribution in [0.2, 0.25) is 0 Å². The maximum Gasteiger partial charge on any atom is 0.256 e. The number of benzene rings is 5. The van der Waals surface area contributed by atoms with E-state index in [1.54, 1.807) is 18.2 Å². The fraction of sp³-hybridized carbons (Fsp3) is 0. The van der Waals surface area contributed by atoms with E-state index in [0.717, 1.165) is 31.6 Å². The number of hydrogen-bond donors (Lipinski definition) is 1. The summed E-state index contributed by atoms with van der Waals surface area (Å²) in [6.07, 6.45) is 0. The van der Waals surface area contributed by atoms with E-state index < -0.39 is 0 Å². The first-order valence-electron chi connectivity index (χ1n) is 12.1. The summed E-state index contributed by atoms with van der Waals surface area (Å²) in [4.78, 5) is 18.3. The first kappa shape index (κ1) is 25.0. The average molecular weight is 595 g/mol. The van der Waals surface area contributed by atoms with Crippen molar-refractivity contribution in [3.05, 3.63) is 131 Å². The van der Waals surface area contributed by atoms with Gasteiger partial charge in [0.2, 0.25) is 0 Å². The predicted molar refractivity (Wildman–Crippen MR) is 159 cm³/mol. The molecule has 4 nitrogen and oxygen atoms in total. The molecule has 1 N–H and O–H groups in total. The van der Waals surface area contributed by atoms with Gasteiger partial charge in [-0.05, 0) is 89.6 Å². The second kappa shape index (κ2) is 10.8.